The summed E-state index contributed by atoms with van der Waals surface area (Å²) >= 11 is 0. The molecule has 22 heavy (non-hydrogen) atoms. The molecule has 114 valence electrons. The summed E-state index contributed by atoms with van der Waals surface area (Å²) in [7, 11) is 0. The molecule has 1 N–H and O–H groups in total. The summed E-state index contributed by atoms with van der Waals surface area (Å²) in [4.78, 5) is 11.9. The van der Waals surface area contributed by atoms with Gasteiger partial charge in [-0.3, -0.25) is 4.79 Å². The molecule has 2 atom stereocenters. The molecule has 4 heteroatoms. The van der Waals surface area contributed by atoms with E-state index in [4.69, 9.17) is 9.47 Å². The first-order valence-corrected chi connectivity index (χ1v) is 7.42. The van der Waals surface area contributed by atoms with Crippen LogP contribution in [0, 0.1) is 0 Å². The maximum Gasteiger partial charge on any atom is 0.252 e. The number of hydrogen-bond donors (Lipinski definition) is 1. The number of rotatable bonds is 6. The van der Waals surface area contributed by atoms with E-state index in [1.807, 2.05) is 60.7 Å². The van der Waals surface area contributed by atoms with Crippen LogP contribution in [0.2, 0.25) is 0 Å². The molecule has 0 bridgehead atoms. The van der Waals surface area contributed by atoms with Gasteiger partial charge >= 0.3 is 0 Å². The van der Waals surface area contributed by atoms with Crippen LogP contribution in [-0.2, 0) is 27.5 Å². The summed E-state index contributed by atoms with van der Waals surface area (Å²) in [5.41, 5.74) is 2.13. The molecule has 1 heterocycles. The van der Waals surface area contributed by atoms with Gasteiger partial charge in [-0.2, -0.15) is 0 Å². The molecule has 2 aromatic rings. The quantitative estimate of drug-likeness (QED) is 0.890. The molecular formula is C18H19NO3. The van der Waals surface area contributed by atoms with Crippen molar-refractivity contribution in [3.8, 4) is 0 Å². The van der Waals surface area contributed by atoms with Gasteiger partial charge in [0.1, 0.15) is 6.10 Å². The first-order chi connectivity index (χ1) is 10.8. The monoisotopic (exact) mass is 297 g/mol. The Bertz CT molecular complexity index is 600. The van der Waals surface area contributed by atoms with E-state index in [1.165, 1.54) is 0 Å². The third kappa shape index (κ3) is 3.72. The van der Waals surface area contributed by atoms with Crippen molar-refractivity contribution in [2.24, 2.45) is 0 Å². The summed E-state index contributed by atoms with van der Waals surface area (Å²) in [6, 6.07) is 19.7. The van der Waals surface area contributed by atoms with E-state index in [-0.39, 0.29) is 12.0 Å². The number of ether oxygens (including phenoxy) is 2. The summed E-state index contributed by atoms with van der Waals surface area (Å²) in [6.07, 6.45) is -0.805. The summed E-state index contributed by atoms with van der Waals surface area (Å²) in [6.45, 7) is 1.38. The van der Waals surface area contributed by atoms with Crippen molar-refractivity contribution in [1.29, 1.82) is 0 Å². The van der Waals surface area contributed by atoms with Crippen LogP contribution in [0.25, 0.3) is 0 Å². The average Bonchev–Trinajstić information content (AvgIpc) is 2.93. The van der Waals surface area contributed by atoms with Crippen molar-refractivity contribution in [1.82, 2.24) is 5.32 Å². The summed E-state index contributed by atoms with van der Waals surface area (Å²) in [5.74, 6) is -0.103. The van der Waals surface area contributed by atoms with Crippen LogP contribution in [0.1, 0.15) is 11.1 Å². The van der Waals surface area contributed by atoms with Gasteiger partial charge in [0.2, 0.25) is 0 Å². The molecule has 0 aromatic heterocycles. The molecule has 0 aliphatic carbocycles. The van der Waals surface area contributed by atoms with Gasteiger partial charge in [0.05, 0.1) is 13.2 Å². The van der Waals surface area contributed by atoms with Gasteiger partial charge in [0.15, 0.2) is 6.10 Å². The first-order valence-electron chi connectivity index (χ1n) is 7.42. The molecule has 4 nitrogen and oxygen atoms in total. The van der Waals surface area contributed by atoms with E-state index in [0.29, 0.717) is 19.8 Å². The Labute approximate surface area is 130 Å². The first kappa shape index (κ1) is 14.8. The standard InChI is InChI=1S/C18H19NO3/c20-18-17(22-13-15-9-5-2-6-10-15)16(11-19-18)21-12-14-7-3-1-4-8-14/h1-10,16-17H,11-13H2,(H,19,20)/t16-,17+/m1/s1. The zero-order chi connectivity index (χ0) is 15.2. The molecule has 0 radical (unpaired) electrons. The van der Waals surface area contributed by atoms with Crippen LogP contribution in [0.3, 0.4) is 0 Å². The molecule has 1 aliphatic heterocycles. The molecular weight excluding hydrogens is 278 g/mol. The smallest absolute Gasteiger partial charge is 0.252 e. The van der Waals surface area contributed by atoms with Crippen molar-refractivity contribution < 1.29 is 14.3 Å². The predicted molar refractivity (Wildman–Crippen MR) is 83.0 cm³/mol. The van der Waals surface area contributed by atoms with Crippen LogP contribution in [0.15, 0.2) is 60.7 Å². The van der Waals surface area contributed by atoms with Gasteiger partial charge in [-0.15, -0.1) is 0 Å². The lowest BCUT2D eigenvalue weighted by Gasteiger charge is -2.18. The maximum absolute atomic E-state index is 11.9. The van der Waals surface area contributed by atoms with Crippen molar-refractivity contribution in [2.75, 3.05) is 6.54 Å². The Kier molecular flexibility index (Phi) is 4.83. The molecule has 0 saturated carbocycles. The van der Waals surface area contributed by atoms with Gasteiger partial charge in [-0.05, 0) is 11.1 Å². The van der Waals surface area contributed by atoms with Gasteiger partial charge in [-0.1, -0.05) is 60.7 Å². The van der Waals surface area contributed by atoms with Crippen molar-refractivity contribution in [2.45, 2.75) is 25.4 Å². The van der Waals surface area contributed by atoms with E-state index >= 15 is 0 Å². The van der Waals surface area contributed by atoms with Gasteiger partial charge in [0, 0.05) is 6.54 Å². The van der Waals surface area contributed by atoms with Crippen molar-refractivity contribution in [3.05, 3.63) is 71.8 Å². The van der Waals surface area contributed by atoms with E-state index in [2.05, 4.69) is 5.32 Å². The zero-order valence-corrected chi connectivity index (χ0v) is 12.3. The lowest BCUT2D eigenvalue weighted by atomic mass is 10.2. The molecule has 1 fully saturated rings. The topological polar surface area (TPSA) is 47.6 Å². The highest BCUT2D eigenvalue weighted by atomic mass is 16.5. The molecule has 1 aliphatic rings. The molecule has 2 aromatic carbocycles. The highest BCUT2D eigenvalue weighted by Crippen LogP contribution is 2.15. The maximum atomic E-state index is 11.9. The number of nitrogens with one attached hydrogen (secondary N) is 1. The second-order valence-corrected chi connectivity index (χ2v) is 5.30. The summed E-state index contributed by atoms with van der Waals surface area (Å²) < 4.78 is 11.6. The fourth-order valence-corrected chi connectivity index (χ4v) is 2.44. The van der Waals surface area contributed by atoms with E-state index in [0.717, 1.165) is 11.1 Å². The fourth-order valence-electron chi connectivity index (χ4n) is 2.44. The highest BCUT2D eigenvalue weighted by molar-refractivity contribution is 5.83. The number of amides is 1. The van der Waals surface area contributed by atoms with Gasteiger partial charge < -0.3 is 14.8 Å². The van der Waals surface area contributed by atoms with Gasteiger partial charge in [-0.25, -0.2) is 0 Å². The zero-order valence-electron chi connectivity index (χ0n) is 12.3. The Hall–Kier alpha value is -2.17. The van der Waals surface area contributed by atoms with Crippen molar-refractivity contribution >= 4 is 5.91 Å². The predicted octanol–water partition coefficient (Wildman–Crippen LogP) is 2.29. The van der Waals surface area contributed by atoms with Crippen LogP contribution < -0.4 is 5.32 Å². The second-order valence-electron chi connectivity index (χ2n) is 5.30. The SMILES string of the molecule is O=C1NC[C@@H](OCc2ccccc2)[C@@H]1OCc1ccccc1. The van der Waals surface area contributed by atoms with Crippen LogP contribution >= 0.6 is 0 Å². The normalized spacial score (nSPS) is 20.8. The van der Waals surface area contributed by atoms with Crippen LogP contribution in [0.4, 0.5) is 0 Å². The lowest BCUT2D eigenvalue weighted by molar-refractivity contribution is -0.136. The number of benzene rings is 2. The second kappa shape index (κ2) is 7.20. The molecule has 0 spiro atoms. The molecule has 3 rings (SSSR count). The Morgan fingerprint density at radius 3 is 2.00 bits per heavy atom. The Morgan fingerprint density at radius 2 is 1.41 bits per heavy atom. The van der Waals surface area contributed by atoms with E-state index < -0.39 is 6.10 Å². The average molecular weight is 297 g/mol. The van der Waals surface area contributed by atoms with Gasteiger partial charge in [0.25, 0.3) is 5.91 Å². The molecule has 0 unspecified atom stereocenters. The van der Waals surface area contributed by atoms with E-state index in [9.17, 15) is 4.79 Å². The van der Waals surface area contributed by atoms with E-state index in [1.54, 1.807) is 0 Å². The number of carbonyl (C=O) groups excluding carboxylic acids is 1. The minimum Gasteiger partial charge on any atom is -0.368 e. The number of hydrogen-bond acceptors (Lipinski definition) is 3. The summed E-state index contributed by atoms with van der Waals surface area (Å²) in [5, 5.41) is 2.80. The lowest BCUT2D eigenvalue weighted by Crippen LogP contribution is -2.33. The minimum absolute atomic E-state index is 0.103. The third-order valence-corrected chi connectivity index (χ3v) is 3.65. The molecule has 1 saturated heterocycles. The van der Waals surface area contributed by atoms with Crippen molar-refractivity contribution in [3.63, 3.8) is 0 Å². The van der Waals surface area contributed by atoms with Crippen LogP contribution in [-0.4, -0.2) is 24.7 Å². The molecule has 1 amide bonds. The Balaban J connectivity index is 1.55. The largest absolute Gasteiger partial charge is 0.368 e. The number of carbonyl (C=O) groups is 1. The third-order valence-electron chi connectivity index (χ3n) is 3.65. The Morgan fingerprint density at radius 1 is 0.864 bits per heavy atom. The minimum atomic E-state index is -0.552. The van der Waals surface area contributed by atoms with Crippen LogP contribution in [0.5, 0.6) is 0 Å². The highest BCUT2D eigenvalue weighted by Gasteiger charge is 2.36. The fraction of sp³-hybridized carbons (Fsp3) is 0.278.